The monoisotopic (exact) mass is 386 g/mol. The van der Waals surface area contributed by atoms with Crippen LogP contribution in [0.15, 0.2) is 16.7 Å². The molecule has 1 amide bonds. The maximum absolute atomic E-state index is 12.5. The molecule has 0 aliphatic heterocycles. The summed E-state index contributed by atoms with van der Waals surface area (Å²) in [7, 11) is 1.34. The van der Waals surface area contributed by atoms with Gasteiger partial charge in [-0.15, -0.1) is 0 Å². The number of esters is 1. The van der Waals surface area contributed by atoms with Crippen molar-refractivity contribution in [3.8, 4) is 0 Å². The first-order chi connectivity index (χ1) is 10.6. The topological polar surface area (TPSA) is 68.7 Å². The van der Waals surface area contributed by atoms with Gasteiger partial charge in [0.15, 0.2) is 5.82 Å². The van der Waals surface area contributed by atoms with Crippen molar-refractivity contribution in [2.75, 3.05) is 18.6 Å². The molecule has 1 aromatic heterocycles. The molecule has 23 heavy (non-hydrogen) atoms. The Morgan fingerprint density at radius 3 is 2.52 bits per heavy atom. The van der Waals surface area contributed by atoms with Gasteiger partial charge in [-0.3, -0.25) is 9.69 Å². The molecule has 128 valence electrons. The second-order valence-corrected chi connectivity index (χ2v) is 6.98. The lowest BCUT2D eigenvalue weighted by molar-refractivity contribution is -0.140. The molecule has 1 aromatic rings. The predicted octanol–water partition coefficient (Wildman–Crippen LogP) is 3.85. The minimum absolute atomic E-state index is 0.222. The summed E-state index contributed by atoms with van der Waals surface area (Å²) in [6, 6.07) is 1.88. The minimum Gasteiger partial charge on any atom is -0.469 e. The van der Waals surface area contributed by atoms with Crippen LogP contribution in [0.5, 0.6) is 0 Å². The predicted molar refractivity (Wildman–Crippen MR) is 91.5 cm³/mol. The number of aryl methyl sites for hydroxylation is 1. The second-order valence-electron chi connectivity index (χ2n) is 6.13. The molecule has 7 heteroatoms. The maximum Gasteiger partial charge on any atom is 0.416 e. The summed E-state index contributed by atoms with van der Waals surface area (Å²) >= 11 is 3.43. The van der Waals surface area contributed by atoms with E-state index in [1.54, 1.807) is 27.0 Å². The van der Waals surface area contributed by atoms with Gasteiger partial charge in [-0.2, -0.15) is 0 Å². The van der Waals surface area contributed by atoms with E-state index in [0.717, 1.165) is 5.56 Å². The quantitative estimate of drug-likeness (QED) is 0.718. The van der Waals surface area contributed by atoms with Gasteiger partial charge >= 0.3 is 12.1 Å². The molecule has 0 bridgehead atoms. The van der Waals surface area contributed by atoms with Crippen molar-refractivity contribution in [1.82, 2.24) is 4.98 Å². The Balaban J connectivity index is 2.95. The van der Waals surface area contributed by atoms with Gasteiger partial charge in [0, 0.05) is 19.2 Å². The molecule has 0 aromatic carbocycles. The van der Waals surface area contributed by atoms with Gasteiger partial charge in [-0.05, 0) is 61.7 Å². The Bertz CT molecular complexity index is 570. The molecule has 0 N–H and O–H groups in total. The Morgan fingerprint density at radius 1 is 1.35 bits per heavy atom. The fourth-order valence-corrected chi connectivity index (χ4v) is 2.49. The Hall–Kier alpha value is -1.63. The lowest BCUT2D eigenvalue weighted by Crippen LogP contribution is -2.38. The van der Waals surface area contributed by atoms with Crippen molar-refractivity contribution in [2.45, 2.75) is 46.1 Å². The van der Waals surface area contributed by atoms with Crippen molar-refractivity contribution in [3.05, 3.63) is 22.3 Å². The molecule has 0 spiro atoms. The maximum atomic E-state index is 12.5. The van der Waals surface area contributed by atoms with Crippen LogP contribution in [0.2, 0.25) is 0 Å². The molecule has 1 rings (SSSR count). The van der Waals surface area contributed by atoms with Gasteiger partial charge in [0.1, 0.15) is 5.60 Å². The SMILES string of the molecule is COC(=O)CCCN(C(=O)OC(C)(C)C)c1ncc(C)cc1Br. The van der Waals surface area contributed by atoms with E-state index in [-0.39, 0.29) is 12.4 Å². The molecular formula is C16H23BrN2O4. The van der Waals surface area contributed by atoms with Crippen LogP contribution in [0.3, 0.4) is 0 Å². The molecule has 0 atom stereocenters. The van der Waals surface area contributed by atoms with E-state index in [0.29, 0.717) is 23.3 Å². The summed E-state index contributed by atoms with van der Waals surface area (Å²) in [6.07, 6.45) is 1.85. The van der Waals surface area contributed by atoms with E-state index >= 15 is 0 Å². The minimum atomic E-state index is -0.616. The number of carbonyl (C=O) groups is 2. The van der Waals surface area contributed by atoms with E-state index < -0.39 is 11.7 Å². The van der Waals surface area contributed by atoms with Crippen molar-refractivity contribution < 1.29 is 19.1 Å². The number of carbonyl (C=O) groups excluding carboxylic acids is 2. The van der Waals surface area contributed by atoms with Crippen molar-refractivity contribution in [2.24, 2.45) is 0 Å². The molecule has 0 aliphatic carbocycles. The number of hydrogen-bond acceptors (Lipinski definition) is 5. The number of pyridine rings is 1. The molecular weight excluding hydrogens is 364 g/mol. The zero-order valence-corrected chi connectivity index (χ0v) is 15.8. The van der Waals surface area contributed by atoms with Crippen molar-refractivity contribution >= 4 is 33.8 Å². The first-order valence-corrected chi connectivity index (χ1v) is 8.13. The van der Waals surface area contributed by atoms with Crippen LogP contribution >= 0.6 is 15.9 Å². The number of nitrogens with zero attached hydrogens (tertiary/aromatic N) is 2. The van der Waals surface area contributed by atoms with Gasteiger partial charge in [-0.1, -0.05) is 0 Å². The number of methoxy groups -OCH3 is 1. The molecule has 0 saturated carbocycles. The van der Waals surface area contributed by atoms with Crippen LogP contribution in [-0.4, -0.2) is 36.3 Å². The van der Waals surface area contributed by atoms with E-state index in [4.69, 9.17) is 4.74 Å². The highest BCUT2D eigenvalue weighted by atomic mass is 79.9. The standard InChI is InChI=1S/C16H23BrN2O4/c1-11-9-12(17)14(18-10-11)19(8-6-7-13(20)22-5)15(21)23-16(2,3)4/h9-10H,6-8H2,1-5H3. The van der Waals surface area contributed by atoms with Crippen molar-refractivity contribution in [3.63, 3.8) is 0 Å². The van der Waals surface area contributed by atoms with Crippen LogP contribution < -0.4 is 4.90 Å². The normalized spacial score (nSPS) is 11.0. The summed E-state index contributed by atoms with van der Waals surface area (Å²) in [5, 5.41) is 0. The van der Waals surface area contributed by atoms with E-state index in [1.807, 2.05) is 13.0 Å². The Kier molecular flexibility index (Phi) is 7.00. The highest BCUT2D eigenvalue weighted by Crippen LogP contribution is 2.26. The zero-order chi connectivity index (χ0) is 17.6. The average molecular weight is 387 g/mol. The lowest BCUT2D eigenvalue weighted by Gasteiger charge is -2.27. The third-order valence-corrected chi connectivity index (χ3v) is 3.40. The average Bonchev–Trinajstić information content (AvgIpc) is 2.42. The summed E-state index contributed by atoms with van der Waals surface area (Å²) < 4.78 is 10.7. The van der Waals surface area contributed by atoms with Crippen LogP contribution in [0.1, 0.15) is 39.2 Å². The number of ether oxygens (including phenoxy) is 2. The highest BCUT2D eigenvalue weighted by molar-refractivity contribution is 9.10. The summed E-state index contributed by atoms with van der Waals surface area (Å²) in [4.78, 5) is 29.5. The molecule has 0 radical (unpaired) electrons. The molecule has 0 aliphatic rings. The zero-order valence-electron chi connectivity index (χ0n) is 14.2. The van der Waals surface area contributed by atoms with E-state index in [9.17, 15) is 9.59 Å². The number of rotatable bonds is 5. The van der Waals surface area contributed by atoms with E-state index in [1.165, 1.54) is 12.0 Å². The lowest BCUT2D eigenvalue weighted by atomic mass is 10.2. The van der Waals surface area contributed by atoms with Crippen LogP contribution in [0.4, 0.5) is 10.6 Å². The Labute approximate surface area is 145 Å². The summed E-state index contributed by atoms with van der Waals surface area (Å²) in [5.41, 5.74) is 0.355. The van der Waals surface area contributed by atoms with Gasteiger partial charge in [0.25, 0.3) is 0 Å². The fourth-order valence-electron chi connectivity index (χ4n) is 1.81. The van der Waals surface area contributed by atoms with Gasteiger partial charge in [0.2, 0.25) is 0 Å². The first-order valence-electron chi connectivity index (χ1n) is 7.33. The number of amides is 1. The first kappa shape index (κ1) is 19.4. The third kappa shape index (κ3) is 6.56. The summed E-state index contributed by atoms with van der Waals surface area (Å²) in [5.74, 6) is 0.153. The van der Waals surface area contributed by atoms with Crippen molar-refractivity contribution in [1.29, 1.82) is 0 Å². The molecule has 0 saturated heterocycles. The van der Waals surface area contributed by atoms with E-state index in [2.05, 4.69) is 25.7 Å². The number of halogens is 1. The van der Waals surface area contributed by atoms with Crippen LogP contribution in [0, 0.1) is 6.92 Å². The second kappa shape index (κ2) is 8.29. The Morgan fingerprint density at radius 2 is 2.00 bits per heavy atom. The molecule has 1 heterocycles. The number of hydrogen-bond donors (Lipinski definition) is 0. The smallest absolute Gasteiger partial charge is 0.416 e. The van der Waals surface area contributed by atoms with Crippen LogP contribution in [-0.2, 0) is 14.3 Å². The largest absolute Gasteiger partial charge is 0.469 e. The molecule has 0 unspecified atom stereocenters. The molecule has 0 fully saturated rings. The number of anilines is 1. The highest BCUT2D eigenvalue weighted by Gasteiger charge is 2.25. The van der Waals surface area contributed by atoms with Crippen LogP contribution in [0.25, 0.3) is 0 Å². The fraction of sp³-hybridized carbons (Fsp3) is 0.562. The summed E-state index contributed by atoms with van der Waals surface area (Å²) in [6.45, 7) is 7.62. The molecule has 6 nitrogen and oxygen atoms in total. The van der Waals surface area contributed by atoms with Gasteiger partial charge in [0.05, 0.1) is 11.6 Å². The third-order valence-electron chi connectivity index (χ3n) is 2.82. The number of aromatic nitrogens is 1. The van der Waals surface area contributed by atoms with Gasteiger partial charge < -0.3 is 9.47 Å². The van der Waals surface area contributed by atoms with Gasteiger partial charge in [-0.25, -0.2) is 9.78 Å².